The van der Waals surface area contributed by atoms with Crippen LogP contribution in [0.4, 0.5) is 11.5 Å². The van der Waals surface area contributed by atoms with Crippen LogP contribution in [0.5, 0.6) is 0 Å². The second kappa shape index (κ2) is 7.17. The fourth-order valence-electron chi connectivity index (χ4n) is 1.58. The van der Waals surface area contributed by atoms with Crippen LogP contribution in [0.3, 0.4) is 0 Å². The minimum atomic E-state index is -0.689. The van der Waals surface area contributed by atoms with Crippen LogP contribution in [-0.2, 0) is 9.53 Å². The van der Waals surface area contributed by atoms with Gasteiger partial charge in [-0.25, -0.2) is 9.78 Å². The molecule has 9 nitrogen and oxygen atoms in total. The largest absolute Gasteiger partial charge is 0.464 e. The normalized spacial score (nSPS) is 9.86. The molecule has 0 spiro atoms. The van der Waals surface area contributed by atoms with Crippen LogP contribution in [-0.4, -0.2) is 49.5 Å². The van der Waals surface area contributed by atoms with Crippen molar-refractivity contribution in [3.8, 4) is 0 Å². The summed E-state index contributed by atoms with van der Waals surface area (Å²) in [5.41, 5.74) is -0.285. The zero-order valence-corrected chi connectivity index (χ0v) is 12.0. The van der Waals surface area contributed by atoms with E-state index in [1.807, 2.05) is 0 Å². The molecule has 1 N–H and O–H groups in total. The van der Waals surface area contributed by atoms with Crippen molar-refractivity contribution < 1.29 is 19.2 Å². The number of rotatable bonds is 6. The Morgan fingerprint density at radius 3 is 2.67 bits per heavy atom. The van der Waals surface area contributed by atoms with E-state index in [1.54, 1.807) is 7.05 Å². The molecule has 0 saturated carbocycles. The third-order valence-electron chi connectivity index (χ3n) is 2.76. The number of nitrogens with one attached hydrogen (secondary N) is 1. The number of aromatic nitrogens is 1. The fourth-order valence-corrected chi connectivity index (χ4v) is 1.58. The number of esters is 1. The van der Waals surface area contributed by atoms with Crippen LogP contribution < -0.4 is 10.2 Å². The molecule has 21 heavy (non-hydrogen) atoms. The number of methoxy groups -OCH3 is 1. The lowest BCUT2D eigenvalue weighted by Crippen LogP contribution is -2.27. The van der Waals surface area contributed by atoms with Crippen LogP contribution in [0.25, 0.3) is 0 Å². The molecule has 0 aliphatic rings. The second-order valence-corrected chi connectivity index (χ2v) is 4.13. The quantitative estimate of drug-likeness (QED) is 0.457. The van der Waals surface area contributed by atoms with Crippen molar-refractivity contribution in [1.29, 1.82) is 0 Å². The lowest BCUT2D eigenvalue weighted by molar-refractivity contribution is -0.384. The SMILES string of the molecule is CNC(=O)CCN(C)c1nc(C(=O)OC)ccc1[N+](=O)[O-]. The van der Waals surface area contributed by atoms with Gasteiger partial charge in [0.2, 0.25) is 11.7 Å². The lowest BCUT2D eigenvalue weighted by atomic mass is 10.3. The molecule has 114 valence electrons. The molecule has 1 aromatic heterocycles. The van der Waals surface area contributed by atoms with Crippen molar-refractivity contribution in [2.24, 2.45) is 0 Å². The van der Waals surface area contributed by atoms with E-state index in [0.29, 0.717) is 0 Å². The van der Waals surface area contributed by atoms with Crippen LogP contribution in [0, 0.1) is 10.1 Å². The van der Waals surface area contributed by atoms with Gasteiger partial charge < -0.3 is 15.0 Å². The zero-order chi connectivity index (χ0) is 16.0. The van der Waals surface area contributed by atoms with Gasteiger partial charge in [-0.2, -0.15) is 0 Å². The van der Waals surface area contributed by atoms with E-state index in [2.05, 4.69) is 15.0 Å². The second-order valence-electron chi connectivity index (χ2n) is 4.13. The Balaban J connectivity index is 3.07. The Morgan fingerprint density at radius 1 is 1.48 bits per heavy atom. The molecule has 0 atom stereocenters. The Bertz CT molecular complexity index is 561. The Hall–Kier alpha value is -2.71. The summed E-state index contributed by atoms with van der Waals surface area (Å²) in [5, 5.41) is 13.5. The Morgan fingerprint density at radius 2 is 2.14 bits per heavy atom. The van der Waals surface area contributed by atoms with Gasteiger partial charge in [0.15, 0.2) is 5.69 Å². The predicted octanol–water partition coefficient (Wildman–Crippen LogP) is 0.349. The number of hydrogen-bond acceptors (Lipinski definition) is 7. The zero-order valence-electron chi connectivity index (χ0n) is 12.0. The summed E-state index contributed by atoms with van der Waals surface area (Å²) in [6, 6.07) is 2.41. The molecule has 0 aromatic carbocycles. The summed E-state index contributed by atoms with van der Waals surface area (Å²) < 4.78 is 4.53. The molecule has 0 bridgehead atoms. The van der Waals surface area contributed by atoms with Crippen LogP contribution >= 0.6 is 0 Å². The van der Waals surface area contributed by atoms with Crippen molar-refractivity contribution in [3.05, 3.63) is 27.9 Å². The van der Waals surface area contributed by atoms with Gasteiger partial charge in [0.25, 0.3) is 0 Å². The third-order valence-corrected chi connectivity index (χ3v) is 2.76. The first-order valence-electron chi connectivity index (χ1n) is 6.06. The van der Waals surface area contributed by atoms with E-state index in [4.69, 9.17) is 0 Å². The molecular weight excluding hydrogens is 280 g/mol. The van der Waals surface area contributed by atoms with Gasteiger partial charge in [0.1, 0.15) is 0 Å². The van der Waals surface area contributed by atoms with Gasteiger partial charge in [-0.15, -0.1) is 0 Å². The molecule has 0 aliphatic heterocycles. The highest BCUT2D eigenvalue weighted by atomic mass is 16.6. The Kier molecular flexibility index (Phi) is 5.58. The van der Waals surface area contributed by atoms with Gasteiger partial charge in [-0.3, -0.25) is 14.9 Å². The molecule has 0 saturated heterocycles. The number of ether oxygens (including phenoxy) is 1. The maximum Gasteiger partial charge on any atom is 0.356 e. The van der Waals surface area contributed by atoms with Gasteiger partial charge in [-0.05, 0) is 6.07 Å². The highest BCUT2D eigenvalue weighted by molar-refractivity contribution is 5.88. The van der Waals surface area contributed by atoms with Crippen molar-refractivity contribution >= 4 is 23.4 Å². The maximum absolute atomic E-state index is 11.4. The van der Waals surface area contributed by atoms with Crippen molar-refractivity contribution in [3.63, 3.8) is 0 Å². The Labute approximate surface area is 121 Å². The van der Waals surface area contributed by atoms with E-state index in [-0.39, 0.29) is 36.1 Å². The van der Waals surface area contributed by atoms with E-state index in [1.165, 1.54) is 31.2 Å². The van der Waals surface area contributed by atoms with Gasteiger partial charge >= 0.3 is 11.7 Å². The first-order valence-corrected chi connectivity index (χ1v) is 6.06. The molecule has 1 aromatic rings. The number of nitrogens with zero attached hydrogens (tertiary/aromatic N) is 3. The molecule has 9 heteroatoms. The number of nitro groups is 1. The number of carbonyl (C=O) groups is 2. The summed E-state index contributed by atoms with van der Waals surface area (Å²) >= 11 is 0. The fraction of sp³-hybridized carbons (Fsp3) is 0.417. The average Bonchev–Trinajstić information content (AvgIpc) is 2.50. The number of anilines is 1. The molecule has 0 unspecified atom stereocenters. The standard InChI is InChI=1S/C12H16N4O5/c1-13-10(17)6-7-15(2)11-9(16(19)20)5-4-8(14-11)12(18)21-3/h4-5H,6-7H2,1-3H3,(H,13,17). The van der Waals surface area contributed by atoms with Crippen LogP contribution in [0.2, 0.25) is 0 Å². The van der Waals surface area contributed by atoms with Crippen molar-refractivity contribution in [2.75, 3.05) is 32.6 Å². The van der Waals surface area contributed by atoms with E-state index in [0.717, 1.165) is 0 Å². The minimum absolute atomic E-state index is 0.00630. The molecule has 1 heterocycles. The molecule has 0 fully saturated rings. The first kappa shape index (κ1) is 16.3. The maximum atomic E-state index is 11.4. The number of pyridine rings is 1. The van der Waals surface area contributed by atoms with Gasteiger partial charge in [0.05, 0.1) is 12.0 Å². The third kappa shape index (κ3) is 4.13. The highest BCUT2D eigenvalue weighted by Gasteiger charge is 2.22. The van der Waals surface area contributed by atoms with Crippen molar-refractivity contribution in [2.45, 2.75) is 6.42 Å². The van der Waals surface area contributed by atoms with Gasteiger partial charge in [-0.1, -0.05) is 0 Å². The number of carbonyl (C=O) groups excluding carboxylic acids is 2. The molecule has 1 rings (SSSR count). The summed E-state index contributed by atoms with van der Waals surface area (Å²) in [4.78, 5) is 38.5. The topological polar surface area (TPSA) is 115 Å². The highest BCUT2D eigenvalue weighted by Crippen LogP contribution is 2.25. The minimum Gasteiger partial charge on any atom is -0.464 e. The summed E-state index contributed by atoms with van der Waals surface area (Å²) in [6.45, 7) is 0.220. The molecular formula is C12H16N4O5. The monoisotopic (exact) mass is 296 g/mol. The molecule has 0 radical (unpaired) electrons. The lowest BCUT2D eigenvalue weighted by Gasteiger charge is -2.17. The van der Waals surface area contributed by atoms with Crippen LogP contribution in [0.15, 0.2) is 12.1 Å². The predicted molar refractivity (Wildman–Crippen MR) is 74.2 cm³/mol. The molecule has 0 aliphatic carbocycles. The summed E-state index contributed by atoms with van der Waals surface area (Å²) in [5.74, 6) is -0.883. The number of amides is 1. The van der Waals surface area contributed by atoms with E-state index in [9.17, 15) is 19.7 Å². The first-order chi connectivity index (χ1) is 9.90. The average molecular weight is 296 g/mol. The van der Waals surface area contributed by atoms with Crippen molar-refractivity contribution in [1.82, 2.24) is 10.3 Å². The summed E-state index contributed by atoms with van der Waals surface area (Å²) in [6.07, 6.45) is 0.147. The number of hydrogen-bond donors (Lipinski definition) is 1. The van der Waals surface area contributed by atoms with Crippen LogP contribution in [0.1, 0.15) is 16.9 Å². The van der Waals surface area contributed by atoms with E-state index < -0.39 is 10.9 Å². The smallest absolute Gasteiger partial charge is 0.356 e. The summed E-state index contributed by atoms with van der Waals surface area (Å²) in [7, 11) is 4.25. The van der Waals surface area contributed by atoms with Gasteiger partial charge in [0, 0.05) is 33.1 Å². The molecule has 1 amide bonds. The van der Waals surface area contributed by atoms with E-state index >= 15 is 0 Å².